The number of amides is 2. The Hall–Kier alpha value is -1.88. The van der Waals surface area contributed by atoms with Crippen molar-refractivity contribution in [2.45, 2.75) is 25.5 Å². The molecule has 0 saturated carbocycles. The maximum atomic E-state index is 11.7. The summed E-state index contributed by atoms with van der Waals surface area (Å²) in [5, 5.41) is 14.2. The van der Waals surface area contributed by atoms with Crippen molar-refractivity contribution in [3.63, 3.8) is 0 Å². The van der Waals surface area contributed by atoms with Gasteiger partial charge in [0.15, 0.2) is 0 Å². The molecule has 17 heavy (non-hydrogen) atoms. The molecule has 1 aromatic carbocycles. The summed E-state index contributed by atoms with van der Waals surface area (Å²) in [5.41, 5.74) is 1.45. The van der Waals surface area contributed by atoms with Crippen LogP contribution in [0, 0.1) is 0 Å². The first-order valence-corrected chi connectivity index (χ1v) is 5.49. The molecule has 1 saturated heterocycles. The summed E-state index contributed by atoms with van der Waals surface area (Å²) in [5.74, 6) is -0.284. The number of nitrogens with one attached hydrogen (secondary N) is 2. The van der Waals surface area contributed by atoms with Gasteiger partial charge in [-0.15, -0.1) is 0 Å². The van der Waals surface area contributed by atoms with E-state index in [1.807, 2.05) is 0 Å². The maximum absolute atomic E-state index is 11.7. The molecule has 2 amide bonds. The van der Waals surface area contributed by atoms with Gasteiger partial charge in [-0.3, -0.25) is 9.59 Å². The van der Waals surface area contributed by atoms with Crippen LogP contribution < -0.4 is 10.6 Å². The Kier molecular flexibility index (Phi) is 3.39. The molecule has 1 fully saturated rings. The van der Waals surface area contributed by atoms with Gasteiger partial charge in [-0.1, -0.05) is 12.1 Å². The molecule has 1 heterocycles. The van der Waals surface area contributed by atoms with Crippen molar-refractivity contribution < 1.29 is 14.7 Å². The standard InChI is InChI=1S/C12H14N2O3/c15-7-8-1-3-9(4-2-8)13-12(17)10-5-6-11(16)14-10/h1-4,10,15H,5-7H2,(H,13,17)(H,14,16)/t10-/m0/s1. The van der Waals surface area contributed by atoms with Gasteiger partial charge in [0.25, 0.3) is 0 Å². The SMILES string of the molecule is O=C1CC[C@@H](C(=O)Nc2ccc(CO)cc2)N1. The van der Waals surface area contributed by atoms with Crippen LogP contribution in [0.1, 0.15) is 18.4 Å². The van der Waals surface area contributed by atoms with Crippen molar-refractivity contribution >= 4 is 17.5 Å². The molecule has 0 aliphatic carbocycles. The second-order valence-electron chi connectivity index (χ2n) is 4.00. The minimum atomic E-state index is -0.431. The molecule has 90 valence electrons. The average Bonchev–Trinajstić information content (AvgIpc) is 2.77. The normalized spacial score (nSPS) is 18.9. The smallest absolute Gasteiger partial charge is 0.246 e. The molecule has 3 N–H and O–H groups in total. The summed E-state index contributed by atoms with van der Waals surface area (Å²) in [6.45, 7) is -0.0209. The van der Waals surface area contributed by atoms with Gasteiger partial charge in [0.05, 0.1) is 6.61 Å². The predicted molar refractivity (Wildman–Crippen MR) is 62.2 cm³/mol. The summed E-state index contributed by atoms with van der Waals surface area (Å²) in [4.78, 5) is 22.7. The van der Waals surface area contributed by atoms with Crippen LogP contribution in [-0.4, -0.2) is 23.0 Å². The van der Waals surface area contributed by atoms with Crippen molar-refractivity contribution in [3.8, 4) is 0 Å². The van der Waals surface area contributed by atoms with E-state index >= 15 is 0 Å². The van der Waals surface area contributed by atoms with Crippen LogP contribution in [0.2, 0.25) is 0 Å². The highest BCUT2D eigenvalue weighted by Gasteiger charge is 2.26. The molecule has 2 rings (SSSR count). The summed E-state index contributed by atoms with van der Waals surface area (Å²) in [7, 11) is 0. The van der Waals surface area contributed by atoms with Crippen LogP contribution in [0.15, 0.2) is 24.3 Å². The van der Waals surface area contributed by atoms with Crippen molar-refractivity contribution in [1.29, 1.82) is 0 Å². The fourth-order valence-electron chi connectivity index (χ4n) is 1.73. The fraction of sp³-hybridized carbons (Fsp3) is 0.333. The van der Waals surface area contributed by atoms with E-state index in [1.165, 1.54) is 0 Å². The molecule has 0 aromatic heterocycles. The monoisotopic (exact) mass is 234 g/mol. The first-order chi connectivity index (χ1) is 8.19. The third-order valence-corrected chi connectivity index (χ3v) is 2.72. The number of aliphatic hydroxyl groups is 1. The highest BCUT2D eigenvalue weighted by molar-refractivity contribution is 5.98. The number of carbonyl (C=O) groups is 2. The third-order valence-electron chi connectivity index (χ3n) is 2.72. The highest BCUT2D eigenvalue weighted by atomic mass is 16.3. The second kappa shape index (κ2) is 4.97. The molecule has 0 bridgehead atoms. The number of benzene rings is 1. The lowest BCUT2D eigenvalue weighted by molar-refractivity contribution is -0.122. The van der Waals surface area contributed by atoms with E-state index in [1.54, 1.807) is 24.3 Å². The average molecular weight is 234 g/mol. The number of rotatable bonds is 3. The second-order valence-corrected chi connectivity index (χ2v) is 4.00. The number of hydrogen-bond acceptors (Lipinski definition) is 3. The van der Waals surface area contributed by atoms with E-state index in [0.717, 1.165) is 5.56 Å². The lowest BCUT2D eigenvalue weighted by atomic mass is 10.2. The molecule has 1 atom stereocenters. The molecular formula is C12H14N2O3. The molecule has 5 heteroatoms. The van der Waals surface area contributed by atoms with Gasteiger partial charge in [-0.25, -0.2) is 0 Å². The Morgan fingerprint density at radius 1 is 1.41 bits per heavy atom. The van der Waals surface area contributed by atoms with Crippen molar-refractivity contribution in [3.05, 3.63) is 29.8 Å². The molecule has 1 aliphatic heterocycles. The number of aliphatic hydroxyl groups excluding tert-OH is 1. The van der Waals surface area contributed by atoms with Gasteiger partial charge in [0.2, 0.25) is 11.8 Å². The summed E-state index contributed by atoms with van der Waals surface area (Å²) in [6.07, 6.45) is 0.945. The lowest BCUT2D eigenvalue weighted by Crippen LogP contribution is -2.37. The van der Waals surface area contributed by atoms with Crippen LogP contribution in [0.5, 0.6) is 0 Å². The summed E-state index contributed by atoms with van der Waals surface area (Å²) >= 11 is 0. The molecule has 1 aliphatic rings. The Morgan fingerprint density at radius 3 is 2.65 bits per heavy atom. The van der Waals surface area contributed by atoms with Crippen LogP contribution in [0.25, 0.3) is 0 Å². The summed E-state index contributed by atoms with van der Waals surface area (Å²) in [6, 6.07) is 6.49. The fourth-order valence-corrected chi connectivity index (χ4v) is 1.73. The number of hydrogen-bond donors (Lipinski definition) is 3. The van der Waals surface area contributed by atoms with Gasteiger partial charge < -0.3 is 15.7 Å². The zero-order chi connectivity index (χ0) is 12.3. The third kappa shape index (κ3) is 2.82. The predicted octanol–water partition coefficient (Wildman–Crippen LogP) is 0.396. The Bertz CT molecular complexity index is 428. The van der Waals surface area contributed by atoms with Crippen molar-refractivity contribution in [1.82, 2.24) is 5.32 Å². The zero-order valence-electron chi connectivity index (χ0n) is 9.27. The van der Waals surface area contributed by atoms with Crippen molar-refractivity contribution in [2.75, 3.05) is 5.32 Å². The molecule has 0 radical (unpaired) electrons. The Labute approximate surface area is 98.8 Å². The zero-order valence-corrected chi connectivity index (χ0v) is 9.27. The van der Waals surface area contributed by atoms with E-state index < -0.39 is 6.04 Å². The summed E-state index contributed by atoms with van der Waals surface area (Å²) < 4.78 is 0. The van der Waals surface area contributed by atoms with E-state index in [-0.39, 0.29) is 18.4 Å². The largest absolute Gasteiger partial charge is 0.392 e. The topological polar surface area (TPSA) is 78.4 Å². The highest BCUT2D eigenvalue weighted by Crippen LogP contribution is 2.12. The van der Waals surface area contributed by atoms with E-state index in [2.05, 4.69) is 10.6 Å². The lowest BCUT2D eigenvalue weighted by Gasteiger charge is -2.11. The minimum absolute atomic E-state index is 0.0209. The van der Waals surface area contributed by atoms with Gasteiger partial charge in [0, 0.05) is 12.1 Å². The quantitative estimate of drug-likeness (QED) is 0.708. The molecule has 1 aromatic rings. The van der Waals surface area contributed by atoms with Gasteiger partial charge in [0.1, 0.15) is 6.04 Å². The van der Waals surface area contributed by atoms with Crippen molar-refractivity contribution in [2.24, 2.45) is 0 Å². The van der Waals surface area contributed by atoms with Gasteiger partial charge in [-0.05, 0) is 24.1 Å². The molecule has 5 nitrogen and oxygen atoms in total. The van der Waals surface area contributed by atoms with Crippen LogP contribution >= 0.6 is 0 Å². The van der Waals surface area contributed by atoms with Crippen LogP contribution in [-0.2, 0) is 16.2 Å². The number of anilines is 1. The van der Waals surface area contributed by atoms with E-state index in [4.69, 9.17) is 5.11 Å². The van der Waals surface area contributed by atoms with Gasteiger partial charge in [-0.2, -0.15) is 0 Å². The Morgan fingerprint density at radius 2 is 2.12 bits per heavy atom. The molecular weight excluding hydrogens is 220 g/mol. The van der Waals surface area contributed by atoms with E-state index in [9.17, 15) is 9.59 Å². The van der Waals surface area contributed by atoms with Gasteiger partial charge >= 0.3 is 0 Å². The Balaban J connectivity index is 1.95. The first-order valence-electron chi connectivity index (χ1n) is 5.49. The number of carbonyl (C=O) groups excluding carboxylic acids is 2. The molecule has 0 unspecified atom stereocenters. The first kappa shape index (κ1) is 11.6. The minimum Gasteiger partial charge on any atom is -0.392 e. The van der Waals surface area contributed by atoms with Crippen LogP contribution in [0.3, 0.4) is 0 Å². The molecule has 0 spiro atoms. The maximum Gasteiger partial charge on any atom is 0.246 e. The van der Waals surface area contributed by atoms with E-state index in [0.29, 0.717) is 18.5 Å². The van der Waals surface area contributed by atoms with Crippen LogP contribution in [0.4, 0.5) is 5.69 Å².